The van der Waals surface area contributed by atoms with E-state index >= 15 is 0 Å². The van der Waals surface area contributed by atoms with Gasteiger partial charge in [-0.05, 0) is 42.5 Å². The number of ether oxygens (including phenoxy) is 1. The van der Waals surface area contributed by atoms with E-state index in [9.17, 15) is 14.4 Å². The molecule has 1 heterocycles. The lowest BCUT2D eigenvalue weighted by atomic mass is 10.2. The monoisotopic (exact) mass is 338 g/mol. The number of benzene rings is 2. The molecular formula is C17H14N4O4. The first-order valence-electron chi connectivity index (χ1n) is 7.33. The van der Waals surface area contributed by atoms with Gasteiger partial charge in [0, 0.05) is 11.3 Å². The van der Waals surface area contributed by atoms with Crippen molar-refractivity contribution >= 4 is 34.5 Å². The molecule has 0 bridgehead atoms. The summed E-state index contributed by atoms with van der Waals surface area (Å²) >= 11 is 0. The third-order valence-corrected chi connectivity index (χ3v) is 3.44. The summed E-state index contributed by atoms with van der Waals surface area (Å²) in [5.41, 5.74) is 7.68. The number of nitrogens with one attached hydrogen (secondary N) is 2. The average Bonchev–Trinajstić information content (AvgIpc) is 3.07. The van der Waals surface area contributed by atoms with Gasteiger partial charge in [0.2, 0.25) is 5.91 Å². The summed E-state index contributed by atoms with van der Waals surface area (Å²) in [4.78, 5) is 41.8. The van der Waals surface area contributed by atoms with Crippen LogP contribution in [0.25, 0.3) is 11.0 Å². The third kappa shape index (κ3) is 3.81. The number of hydrogen-bond donors (Lipinski definition) is 3. The number of imidazole rings is 1. The number of primary amides is 1. The van der Waals surface area contributed by atoms with Crippen molar-refractivity contribution in [3.05, 3.63) is 59.9 Å². The fraction of sp³-hybridized carbons (Fsp3) is 0.0588. The van der Waals surface area contributed by atoms with Gasteiger partial charge in [-0.1, -0.05) is 0 Å². The third-order valence-electron chi connectivity index (χ3n) is 3.44. The number of carbonyl (C=O) groups excluding carboxylic acids is 3. The van der Waals surface area contributed by atoms with Crippen LogP contribution in [-0.4, -0.2) is 34.4 Å². The van der Waals surface area contributed by atoms with E-state index in [4.69, 9.17) is 10.5 Å². The predicted molar refractivity (Wildman–Crippen MR) is 90.0 cm³/mol. The van der Waals surface area contributed by atoms with Crippen LogP contribution in [-0.2, 0) is 9.53 Å². The number of nitrogens with zero attached hydrogens (tertiary/aromatic N) is 1. The second kappa shape index (κ2) is 6.83. The molecule has 1 aromatic heterocycles. The van der Waals surface area contributed by atoms with Crippen molar-refractivity contribution in [1.82, 2.24) is 9.97 Å². The molecule has 0 aliphatic carbocycles. The number of fused-ring (bicyclic) bond motifs is 1. The van der Waals surface area contributed by atoms with E-state index in [0.717, 1.165) is 5.52 Å². The number of rotatable bonds is 5. The fourth-order valence-electron chi connectivity index (χ4n) is 2.19. The maximum Gasteiger partial charge on any atom is 0.338 e. The number of amides is 2. The van der Waals surface area contributed by atoms with E-state index in [2.05, 4.69) is 15.3 Å². The Labute approximate surface area is 142 Å². The largest absolute Gasteiger partial charge is 0.452 e. The van der Waals surface area contributed by atoms with Gasteiger partial charge in [0.25, 0.3) is 5.91 Å². The van der Waals surface area contributed by atoms with E-state index < -0.39 is 24.4 Å². The summed E-state index contributed by atoms with van der Waals surface area (Å²) in [6, 6.07) is 10.9. The van der Waals surface area contributed by atoms with Crippen LogP contribution >= 0.6 is 0 Å². The van der Waals surface area contributed by atoms with Crippen LogP contribution < -0.4 is 11.1 Å². The molecule has 2 amide bonds. The zero-order valence-corrected chi connectivity index (χ0v) is 13.0. The van der Waals surface area contributed by atoms with Crippen molar-refractivity contribution in [2.45, 2.75) is 0 Å². The van der Waals surface area contributed by atoms with E-state index in [1.165, 1.54) is 30.6 Å². The number of esters is 1. The summed E-state index contributed by atoms with van der Waals surface area (Å²) in [5, 5.41) is 2.56. The molecule has 2 aromatic carbocycles. The Morgan fingerprint density at radius 2 is 1.80 bits per heavy atom. The topological polar surface area (TPSA) is 127 Å². The van der Waals surface area contributed by atoms with E-state index in [0.29, 0.717) is 22.3 Å². The number of aromatic nitrogens is 2. The van der Waals surface area contributed by atoms with Crippen molar-refractivity contribution in [1.29, 1.82) is 0 Å². The van der Waals surface area contributed by atoms with Gasteiger partial charge in [-0.25, -0.2) is 9.78 Å². The van der Waals surface area contributed by atoms with Crippen LogP contribution in [0.1, 0.15) is 20.7 Å². The molecule has 0 aliphatic heterocycles. The van der Waals surface area contributed by atoms with Crippen LogP contribution in [0.3, 0.4) is 0 Å². The maximum absolute atomic E-state index is 12.0. The second-order valence-electron chi connectivity index (χ2n) is 5.20. The molecule has 0 unspecified atom stereocenters. The first-order chi connectivity index (χ1) is 12.0. The van der Waals surface area contributed by atoms with Crippen LogP contribution in [0.15, 0.2) is 48.8 Å². The van der Waals surface area contributed by atoms with Gasteiger partial charge in [-0.2, -0.15) is 0 Å². The highest BCUT2D eigenvalue weighted by Gasteiger charge is 2.12. The predicted octanol–water partition coefficient (Wildman–Crippen LogP) is 1.46. The van der Waals surface area contributed by atoms with Gasteiger partial charge in [0.1, 0.15) is 0 Å². The summed E-state index contributed by atoms with van der Waals surface area (Å²) < 4.78 is 4.99. The SMILES string of the molecule is NC(=O)c1ccc(NC(=O)COC(=O)c2ccc3nc[nH]c3c2)cc1. The zero-order chi connectivity index (χ0) is 17.8. The number of aromatic amines is 1. The summed E-state index contributed by atoms with van der Waals surface area (Å²) in [6.45, 7) is -0.433. The van der Waals surface area contributed by atoms with Crippen molar-refractivity contribution in [3.63, 3.8) is 0 Å². The summed E-state index contributed by atoms with van der Waals surface area (Å²) in [7, 11) is 0. The number of anilines is 1. The Morgan fingerprint density at radius 1 is 1.08 bits per heavy atom. The molecule has 8 heteroatoms. The number of hydrogen-bond acceptors (Lipinski definition) is 5. The van der Waals surface area contributed by atoms with Crippen molar-refractivity contribution < 1.29 is 19.1 Å². The minimum atomic E-state index is -0.615. The first-order valence-corrected chi connectivity index (χ1v) is 7.33. The van der Waals surface area contributed by atoms with Gasteiger partial charge in [0.15, 0.2) is 6.61 Å². The van der Waals surface area contributed by atoms with Crippen LogP contribution in [0, 0.1) is 0 Å². The van der Waals surface area contributed by atoms with E-state index in [1.807, 2.05) is 0 Å². The molecule has 3 aromatic rings. The standard InChI is InChI=1S/C17H14N4O4/c18-16(23)10-1-4-12(5-2-10)21-15(22)8-25-17(24)11-3-6-13-14(7-11)20-9-19-13/h1-7,9H,8H2,(H2,18,23)(H,19,20)(H,21,22). The fourth-order valence-corrected chi connectivity index (χ4v) is 2.19. The summed E-state index contributed by atoms with van der Waals surface area (Å²) in [6.07, 6.45) is 1.52. The van der Waals surface area contributed by atoms with Gasteiger partial charge in [0.05, 0.1) is 22.9 Å². The van der Waals surface area contributed by atoms with Crippen molar-refractivity contribution in [2.24, 2.45) is 5.73 Å². The Kier molecular flexibility index (Phi) is 4.42. The average molecular weight is 338 g/mol. The second-order valence-corrected chi connectivity index (χ2v) is 5.20. The molecular weight excluding hydrogens is 324 g/mol. The molecule has 0 saturated heterocycles. The minimum Gasteiger partial charge on any atom is -0.452 e. The van der Waals surface area contributed by atoms with Gasteiger partial charge in [-0.15, -0.1) is 0 Å². The molecule has 3 rings (SSSR count). The molecule has 8 nitrogen and oxygen atoms in total. The quantitative estimate of drug-likeness (QED) is 0.607. The number of H-pyrrole nitrogens is 1. The lowest BCUT2D eigenvalue weighted by molar-refractivity contribution is -0.119. The molecule has 0 aliphatic rings. The highest BCUT2D eigenvalue weighted by Crippen LogP contribution is 2.13. The zero-order valence-electron chi connectivity index (χ0n) is 13.0. The maximum atomic E-state index is 12.0. The smallest absolute Gasteiger partial charge is 0.338 e. The lowest BCUT2D eigenvalue weighted by Crippen LogP contribution is -2.21. The van der Waals surface area contributed by atoms with E-state index in [1.54, 1.807) is 18.2 Å². The molecule has 25 heavy (non-hydrogen) atoms. The highest BCUT2D eigenvalue weighted by atomic mass is 16.5. The lowest BCUT2D eigenvalue weighted by Gasteiger charge is -2.07. The Bertz CT molecular complexity index is 947. The first kappa shape index (κ1) is 16.2. The molecule has 0 spiro atoms. The Morgan fingerprint density at radius 3 is 2.52 bits per heavy atom. The molecule has 0 radical (unpaired) electrons. The number of nitrogens with two attached hydrogens (primary N) is 1. The van der Waals surface area contributed by atoms with Gasteiger partial charge < -0.3 is 20.8 Å². The minimum absolute atomic E-state index is 0.315. The van der Waals surface area contributed by atoms with Crippen molar-refractivity contribution in [2.75, 3.05) is 11.9 Å². The summed E-state index contributed by atoms with van der Waals surface area (Å²) in [5.74, 6) is -1.67. The van der Waals surface area contributed by atoms with Crippen LogP contribution in [0.4, 0.5) is 5.69 Å². The van der Waals surface area contributed by atoms with Gasteiger partial charge in [-0.3, -0.25) is 9.59 Å². The van der Waals surface area contributed by atoms with E-state index in [-0.39, 0.29) is 0 Å². The number of carbonyl (C=O) groups is 3. The molecule has 126 valence electrons. The molecule has 0 saturated carbocycles. The van der Waals surface area contributed by atoms with Crippen molar-refractivity contribution in [3.8, 4) is 0 Å². The van der Waals surface area contributed by atoms with Gasteiger partial charge >= 0.3 is 5.97 Å². The normalized spacial score (nSPS) is 10.4. The molecule has 4 N–H and O–H groups in total. The molecule has 0 fully saturated rings. The Hall–Kier alpha value is -3.68. The van der Waals surface area contributed by atoms with Crippen LogP contribution in [0.5, 0.6) is 0 Å². The van der Waals surface area contributed by atoms with Crippen LogP contribution in [0.2, 0.25) is 0 Å². The highest BCUT2D eigenvalue weighted by molar-refractivity contribution is 5.97. The Balaban J connectivity index is 1.56. The molecule has 0 atom stereocenters.